The van der Waals surface area contributed by atoms with Crippen LogP contribution in [0.4, 0.5) is 15.4 Å². The predicted octanol–water partition coefficient (Wildman–Crippen LogP) is 2.32. The molecular weight excluding hydrogens is 306 g/mol. The van der Waals surface area contributed by atoms with Crippen LogP contribution in [0, 0.1) is 0 Å². The van der Waals surface area contributed by atoms with Crippen molar-refractivity contribution in [1.82, 2.24) is 10.3 Å². The van der Waals surface area contributed by atoms with Gasteiger partial charge in [0.15, 0.2) is 0 Å². The second kappa shape index (κ2) is 6.35. The SMILES string of the molecule is CC(C)(C)OC(=O)Nc1ccc(CC2SC(=O)NC2=O)cn1. The van der Waals surface area contributed by atoms with Gasteiger partial charge in [-0.2, -0.15) is 0 Å². The van der Waals surface area contributed by atoms with Gasteiger partial charge in [0, 0.05) is 6.20 Å². The van der Waals surface area contributed by atoms with Crippen LogP contribution in [-0.4, -0.2) is 33.1 Å². The van der Waals surface area contributed by atoms with Crippen LogP contribution >= 0.6 is 11.8 Å². The zero-order chi connectivity index (χ0) is 16.3. The molecule has 0 aliphatic carbocycles. The Hall–Kier alpha value is -2.09. The van der Waals surface area contributed by atoms with Crippen molar-refractivity contribution in [3.8, 4) is 0 Å². The number of imide groups is 1. The lowest BCUT2D eigenvalue weighted by Gasteiger charge is -2.19. The van der Waals surface area contributed by atoms with E-state index in [1.165, 1.54) is 0 Å². The summed E-state index contributed by atoms with van der Waals surface area (Å²) < 4.78 is 5.12. The number of amides is 3. The lowest BCUT2D eigenvalue weighted by molar-refractivity contribution is -0.118. The molecule has 22 heavy (non-hydrogen) atoms. The van der Waals surface area contributed by atoms with E-state index in [4.69, 9.17) is 4.74 Å². The van der Waals surface area contributed by atoms with Crippen molar-refractivity contribution < 1.29 is 19.1 Å². The molecular formula is C14H17N3O4S. The van der Waals surface area contributed by atoms with Crippen LogP contribution in [0.5, 0.6) is 0 Å². The fourth-order valence-electron chi connectivity index (χ4n) is 1.77. The summed E-state index contributed by atoms with van der Waals surface area (Å²) in [5, 5.41) is 4.00. The van der Waals surface area contributed by atoms with Gasteiger partial charge in [-0.25, -0.2) is 9.78 Å². The molecule has 0 spiro atoms. The summed E-state index contributed by atoms with van der Waals surface area (Å²) in [5.74, 6) is 0.0727. The van der Waals surface area contributed by atoms with Gasteiger partial charge in [0.2, 0.25) is 5.91 Å². The maximum absolute atomic E-state index is 11.6. The van der Waals surface area contributed by atoms with E-state index in [0.717, 1.165) is 17.3 Å². The zero-order valence-corrected chi connectivity index (χ0v) is 13.3. The Morgan fingerprint density at radius 3 is 2.64 bits per heavy atom. The minimum atomic E-state index is -0.580. The van der Waals surface area contributed by atoms with E-state index in [0.29, 0.717) is 12.2 Å². The highest BCUT2D eigenvalue weighted by Gasteiger charge is 2.31. The third-order valence-corrected chi connectivity index (χ3v) is 3.62. The molecule has 2 heterocycles. The first-order valence-electron chi connectivity index (χ1n) is 6.69. The Kier molecular flexibility index (Phi) is 4.70. The van der Waals surface area contributed by atoms with Crippen molar-refractivity contribution in [3.05, 3.63) is 23.9 Å². The summed E-state index contributed by atoms with van der Waals surface area (Å²) >= 11 is 0.973. The monoisotopic (exact) mass is 323 g/mol. The maximum atomic E-state index is 11.6. The summed E-state index contributed by atoms with van der Waals surface area (Å²) in [6.45, 7) is 5.32. The Bertz CT molecular complexity index is 595. The van der Waals surface area contributed by atoms with E-state index in [1.54, 1.807) is 39.1 Å². The molecule has 0 radical (unpaired) electrons. The number of hydrogen-bond donors (Lipinski definition) is 2. The summed E-state index contributed by atoms with van der Waals surface area (Å²) in [7, 11) is 0. The molecule has 2 rings (SSSR count). The molecule has 2 N–H and O–H groups in total. The first-order chi connectivity index (χ1) is 10.2. The van der Waals surface area contributed by atoms with Crippen LogP contribution in [-0.2, 0) is 16.0 Å². The van der Waals surface area contributed by atoms with E-state index in [1.807, 2.05) is 0 Å². The second-order valence-corrected chi connectivity index (χ2v) is 6.94. The predicted molar refractivity (Wildman–Crippen MR) is 82.7 cm³/mol. The van der Waals surface area contributed by atoms with Gasteiger partial charge in [0.1, 0.15) is 11.4 Å². The molecule has 0 aromatic carbocycles. The molecule has 1 fully saturated rings. The number of pyridine rings is 1. The molecule has 1 aromatic rings. The van der Waals surface area contributed by atoms with Crippen molar-refractivity contribution >= 4 is 34.8 Å². The van der Waals surface area contributed by atoms with Gasteiger partial charge in [0.25, 0.3) is 5.24 Å². The van der Waals surface area contributed by atoms with Crippen molar-refractivity contribution in [2.75, 3.05) is 5.32 Å². The quantitative estimate of drug-likeness (QED) is 0.886. The molecule has 3 amide bonds. The topological polar surface area (TPSA) is 97.4 Å². The number of ether oxygens (including phenoxy) is 1. The first kappa shape index (κ1) is 16.3. The molecule has 1 aliphatic rings. The largest absolute Gasteiger partial charge is 0.444 e. The average Bonchev–Trinajstić information content (AvgIpc) is 2.68. The van der Waals surface area contributed by atoms with Crippen LogP contribution in [0.1, 0.15) is 26.3 Å². The van der Waals surface area contributed by atoms with E-state index < -0.39 is 16.9 Å². The third kappa shape index (κ3) is 4.73. The minimum Gasteiger partial charge on any atom is -0.444 e. The lowest BCUT2D eigenvalue weighted by atomic mass is 10.1. The fourth-order valence-corrected chi connectivity index (χ4v) is 2.63. The molecule has 1 aromatic heterocycles. The number of nitrogens with zero attached hydrogens (tertiary/aromatic N) is 1. The molecule has 1 unspecified atom stereocenters. The van der Waals surface area contributed by atoms with Gasteiger partial charge in [-0.3, -0.25) is 20.2 Å². The van der Waals surface area contributed by atoms with E-state index in [9.17, 15) is 14.4 Å². The summed E-state index contributed by atoms with van der Waals surface area (Å²) in [6, 6.07) is 3.37. The summed E-state index contributed by atoms with van der Waals surface area (Å²) in [4.78, 5) is 38.3. The molecule has 0 bridgehead atoms. The standard InChI is InChI=1S/C14H17N3O4S/c1-14(2,3)21-12(19)16-10-5-4-8(7-15-10)6-9-11(18)17-13(20)22-9/h4-5,7,9H,6H2,1-3H3,(H,15,16,19)(H,17,18,20). The average molecular weight is 323 g/mol. The van der Waals surface area contributed by atoms with E-state index in [-0.39, 0.29) is 11.1 Å². The van der Waals surface area contributed by atoms with Gasteiger partial charge in [-0.05, 0) is 38.8 Å². The van der Waals surface area contributed by atoms with Crippen LogP contribution in [0.15, 0.2) is 18.3 Å². The highest BCUT2D eigenvalue weighted by Crippen LogP contribution is 2.23. The van der Waals surface area contributed by atoms with Gasteiger partial charge >= 0.3 is 6.09 Å². The molecule has 1 saturated heterocycles. The van der Waals surface area contributed by atoms with Gasteiger partial charge in [-0.15, -0.1) is 0 Å². The third-order valence-electron chi connectivity index (χ3n) is 2.64. The minimum absolute atomic E-state index is 0.286. The smallest absolute Gasteiger partial charge is 0.413 e. The summed E-state index contributed by atoms with van der Waals surface area (Å²) in [6.07, 6.45) is 1.38. The van der Waals surface area contributed by atoms with Gasteiger partial charge in [-0.1, -0.05) is 17.8 Å². The van der Waals surface area contributed by atoms with Crippen LogP contribution in [0.25, 0.3) is 0 Å². The lowest BCUT2D eigenvalue weighted by Crippen LogP contribution is -2.27. The summed E-state index contributed by atoms with van der Waals surface area (Å²) in [5.41, 5.74) is 0.223. The Balaban J connectivity index is 1.92. The number of carbonyl (C=O) groups excluding carboxylic acids is 3. The number of rotatable bonds is 3. The van der Waals surface area contributed by atoms with Gasteiger partial charge in [0.05, 0.1) is 5.25 Å². The fraction of sp³-hybridized carbons (Fsp3) is 0.429. The van der Waals surface area contributed by atoms with Crippen LogP contribution < -0.4 is 10.6 Å². The van der Waals surface area contributed by atoms with E-state index >= 15 is 0 Å². The number of aromatic nitrogens is 1. The number of nitrogens with one attached hydrogen (secondary N) is 2. The number of thioether (sulfide) groups is 1. The van der Waals surface area contributed by atoms with Crippen molar-refractivity contribution in [1.29, 1.82) is 0 Å². The molecule has 118 valence electrons. The van der Waals surface area contributed by atoms with Crippen molar-refractivity contribution in [2.24, 2.45) is 0 Å². The highest BCUT2D eigenvalue weighted by molar-refractivity contribution is 8.15. The van der Waals surface area contributed by atoms with Crippen molar-refractivity contribution in [2.45, 2.75) is 38.0 Å². The number of carbonyl (C=O) groups is 3. The number of anilines is 1. The molecule has 7 nitrogen and oxygen atoms in total. The molecule has 8 heteroatoms. The normalized spacial score (nSPS) is 18.0. The Labute approximate surface area is 132 Å². The highest BCUT2D eigenvalue weighted by atomic mass is 32.2. The molecule has 1 atom stereocenters. The Morgan fingerprint density at radius 2 is 2.14 bits per heavy atom. The second-order valence-electron chi connectivity index (χ2n) is 5.77. The van der Waals surface area contributed by atoms with Crippen LogP contribution in [0.2, 0.25) is 0 Å². The van der Waals surface area contributed by atoms with Crippen molar-refractivity contribution in [3.63, 3.8) is 0 Å². The van der Waals surface area contributed by atoms with Gasteiger partial charge < -0.3 is 4.74 Å². The van der Waals surface area contributed by atoms with E-state index in [2.05, 4.69) is 15.6 Å². The zero-order valence-electron chi connectivity index (χ0n) is 12.5. The Morgan fingerprint density at radius 1 is 1.41 bits per heavy atom. The molecule has 1 aliphatic heterocycles. The van der Waals surface area contributed by atoms with Crippen LogP contribution in [0.3, 0.4) is 0 Å². The first-order valence-corrected chi connectivity index (χ1v) is 7.57. The number of hydrogen-bond acceptors (Lipinski definition) is 6. The molecule has 0 saturated carbocycles. The maximum Gasteiger partial charge on any atom is 0.413 e.